The van der Waals surface area contributed by atoms with Crippen molar-refractivity contribution in [3.05, 3.63) is 52.0 Å². The maximum absolute atomic E-state index is 5.92. The summed E-state index contributed by atoms with van der Waals surface area (Å²) in [6.45, 7) is 6.54. The molecule has 1 fully saturated rings. The largest absolute Gasteiger partial charge is 0.376 e. The molecule has 1 unspecified atom stereocenters. The third kappa shape index (κ3) is 7.33. The van der Waals surface area contributed by atoms with Gasteiger partial charge in [0.25, 0.3) is 0 Å². The first-order valence-corrected chi connectivity index (χ1v) is 10.6. The van der Waals surface area contributed by atoms with Crippen LogP contribution in [0, 0.1) is 12.8 Å². The molecule has 0 bridgehead atoms. The maximum atomic E-state index is 5.92. The molecule has 0 spiro atoms. The Hall–Kier alpha value is -1.19. The number of ether oxygens (including phenoxy) is 1. The molecule has 0 radical (unpaired) electrons. The molecule has 2 aromatic rings. The van der Waals surface area contributed by atoms with Gasteiger partial charge in [-0.25, -0.2) is 4.98 Å². The molecule has 1 aliphatic heterocycles. The number of aromatic nitrogens is 1. The first-order chi connectivity index (χ1) is 13.2. The summed E-state index contributed by atoms with van der Waals surface area (Å²) in [6, 6.07) is 10.4. The fourth-order valence-corrected chi connectivity index (χ4v) is 4.19. The van der Waals surface area contributed by atoms with Crippen molar-refractivity contribution in [1.29, 1.82) is 0 Å². The predicted molar refractivity (Wildman–Crippen MR) is 128 cm³/mol. The maximum Gasteiger partial charge on any atom is 0.193 e. The third-order valence-electron chi connectivity index (χ3n) is 4.78. The van der Waals surface area contributed by atoms with E-state index in [0.29, 0.717) is 12.5 Å². The lowest BCUT2D eigenvalue weighted by Crippen LogP contribution is -2.40. The molecule has 1 saturated heterocycles. The van der Waals surface area contributed by atoms with Crippen LogP contribution in [0.3, 0.4) is 0 Å². The summed E-state index contributed by atoms with van der Waals surface area (Å²) in [5.41, 5.74) is 2.36. The van der Waals surface area contributed by atoms with Crippen molar-refractivity contribution < 1.29 is 4.74 Å². The van der Waals surface area contributed by atoms with E-state index < -0.39 is 0 Å². The molecule has 2 heterocycles. The Bertz CT molecular complexity index is 722. The minimum absolute atomic E-state index is 0. The lowest BCUT2D eigenvalue weighted by atomic mass is 10.1. The molecule has 0 saturated carbocycles. The number of aryl methyl sites for hydroxylation is 2. The first kappa shape index (κ1) is 23.1. The number of aliphatic imine (C=N–C) groups is 1. The Balaban J connectivity index is 0.00000280. The van der Waals surface area contributed by atoms with E-state index in [-0.39, 0.29) is 24.0 Å². The van der Waals surface area contributed by atoms with Crippen LogP contribution >= 0.6 is 35.3 Å². The zero-order valence-corrected chi connectivity index (χ0v) is 19.9. The molecule has 1 aromatic carbocycles. The quantitative estimate of drug-likeness (QED) is 0.249. The average Bonchev–Trinajstić information content (AvgIpc) is 3.32. The average molecular weight is 514 g/mol. The number of hydrogen-bond donors (Lipinski definition) is 1. The molecule has 3 rings (SSSR count). The van der Waals surface area contributed by atoms with Crippen molar-refractivity contribution >= 4 is 41.3 Å². The lowest BCUT2D eigenvalue weighted by Gasteiger charge is -2.21. The lowest BCUT2D eigenvalue weighted by molar-refractivity contribution is 0.0907. The van der Waals surface area contributed by atoms with Gasteiger partial charge in [-0.1, -0.05) is 30.3 Å². The number of hydrogen-bond acceptors (Lipinski definition) is 4. The Kier molecular flexibility index (Phi) is 10.2. The Labute approximate surface area is 189 Å². The highest BCUT2D eigenvalue weighted by molar-refractivity contribution is 14.0. The third-order valence-corrected chi connectivity index (χ3v) is 5.81. The number of thiazole rings is 1. The summed E-state index contributed by atoms with van der Waals surface area (Å²) in [6.07, 6.45) is 3.26. The first-order valence-electron chi connectivity index (χ1n) is 9.73. The molecule has 0 amide bonds. The molecule has 0 aliphatic carbocycles. The summed E-state index contributed by atoms with van der Waals surface area (Å²) >= 11 is 1.75. The molecule has 1 N–H and O–H groups in total. The second-order valence-electron chi connectivity index (χ2n) is 7.06. The number of likely N-dealkylation sites (tertiary alicyclic amines) is 1. The zero-order chi connectivity index (χ0) is 18.9. The van der Waals surface area contributed by atoms with Gasteiger partial charge in [-0.15, -0.1) is 35.3 Å². The van der Waals surface area contributed by atoms with Gasteiger partial charge in [-0.3, -0.25) is 4.99 Å². The summed E-state index contributed by atoms with van der Waals surface area (Å²) < 4.78 is 5.92. The number of guanidine groups is 1. The van der Waals surface area contributed by atoms with Crippen LogP contribution in [-0.4, -0.2) is 49.1 Å². The number of nitrogens with one attached hydrogen (secondary N) is 1. The van der Waals surface area contributed by atoms with Gasteiger partial charge in [0.2, 0.25) is 0 Å². The van der Waals surface area contributed by atoms with Crippen LogP contribution in [0.1, 0.15) is 29.1 Å². The van der Waals surface area contributed by atoms with Crippen LogP contribution in [0.2, 0.25) is 0 Å². The van der Waals surface area contributed by atoms with Crippen molar-refractivity contribution in [2.45, 2.75) is 32.8 Å². The van der Waals surface area contributed by atoms with Gasteiger partial charge in [0.05, 0.1) is 18.2 Å². The van der Waals surface area contributed by atoms with E-state index in [2.05, 4.69) is 49.8 Å². The van der Waals surface area contributed by atoms with E-state index in [9.17, 15) is 0 Å². The molecular formula is C21H31IN4OS. The predicted octanol–water partition coefficient (Wildman–Crippen LogP) is 4.12. The molecule has 1 aliphatic rings. The van der Waals surface area contributed by atoms with Crippen LogP contribution in [0.15, 0.2) is 40.7 Å². The van der Waals surface area contributed by atoms with E-state index in [1.165, 1.54) is 10.6 Å². The summed E-state index contributed by atoms with van der Waals surface area (Å²) in [4.78, 5) is 11.3. The Morgan fingerprint density at radius 1 is 1.36 bits per heavy atom. The molecular weight excluding hydrogens is 483 g/mol. The SMILES string of the molecule is CN=C(NCCCc1nc(C)cs1)N1CCC(COCc2ccccc2)C1.I. The van der Waals surface area contributed by atoms with E-state index in [1.807, 2.05) is 20.0 Å². The van der Waals surface area contributed by atoms with Gasteiger partial charge in [0.15, 0.2) is 5.96 Å². The van der Waals surface area contributed by atoms with Crippen LogP contribution in [0.4, 0.5) is 0 Å². The number of nitrogens with zero attached hydrogens (tertiary/aromatic N) is 3. The standard InChI is InChI=1S/C21H30N4OS.HI/c1-17-16-27-20(24-17)9-6-11-23-21(22-2)25-12-10-19(13-25)15-26-14-18-7-4-3-5-8-18;/h3-5,7-8,16,19H,6,9-15H2,1-2H3,(H,22,23);1H. The Morgan fingerprint density at radius 3 is 2.89 bits per heavy atom. The Morgan fingerprint density at radius 2 is 2.18 bits per heavy atom. The summed E-state index contributed by atoms with van der Waals surface area (Å²) in [7, 11) is 1.87. The van der Waals surface area contributed by atoms with Crippen molar-refractivity contribution in [1.82, 2.24) is 15.2 Å². The van der Waals surface area contributed by atoms with E-state index in [1.54, 1.807) is 11.3 Å². The summed E-state index contributed by atoms with van der Waals surface area (Å²) in [5, 5.41) is 6.84. The highest BCUT2D eigenvalue weighted by Gasteiger charge is 2.24. The highest BCUT2D eigenvalue weighted by atomic mass is 127. The molecule has 28 heavy (non-hydrogen) atoms. The van der Waals surface area contributed by atoms with Gasteiger partial charge in [0.1, 0.15) is 0 Å². The van der Waals surface area contributed by atoms with Gasteiger partial charge in [-0.05, 0) is 25.3 Å². The highest BCUT2D eigenvalue weighted by Crippen LogP contribution is 2.17. The second kappa shape index (κ2) is 12.4. The number of rotatable bonds is 8. The van der Waals surface area contributed by atoms with Gasteiger partial charge in [0, 0.05) is 50.1 Å². The van der Waals surface area contributed by atoms with Gasteiger partial charge in [-0.2, -0.15) is 0 Å². The van der Waals surface area contributed by atoms with Crippen LogP contribution in [0.25, 0.3) is 0 Å². The second-order valence-corrected chi connectivity index (χ2v) is 8.00. The minimum Gasteiger partial charge on any atom is -0.376 e. The van der Waals surface area contributed by atoms with E-state index in [0.717, 1.165) is 57.2 Å². The van der Waals surface area contributed by atoms with Gasteiger partial charge < -0.3 is 15.0 Å². The molecule has 1 atom stereocenters. The van der Waals surface area contributed by atoms with Crippen molar-refractivity contribution in [3.63, 3.8) is 0 Å². The fraction of sp³-hybridized carbons (Fsp3) is 0.524. The normalized spacial score (nSPS) is 16.9. The van der Waals surface area contributed by atoms with Crippen LogP contribution in [0.5, 0.6) is 0 Å². The monoisotopic (exact) mass is 514 g/mol. The molecule has 1 aromatic heterocycles. The number of halogens is 1. The summed E-state index contributed by atoms with van der Waals surface area (Å²) in [5.74, 6) is 1.58. The van der Waals surface area contributed by atoms with Crippen LogP contribution in [-0.2, 0) is 17.8 Å². The molecule has 154 valence electrons. The van der Waals surface area contributed by atoms with Crippen molar-refractivity contribution in [3.8, 4) is 0 Å². The zero-order valence-electron chi connectivity index (χ0n) is 16.8. The number of benzene rings is 1. The molecule has 5 nitrogen and oxygen atoms in total. The van der Waals surface area contributed by atoms with Crippen molar-refractivity contribution in [2.24, 2.45) is 10.9 Å². The topological polar surface area (TPSA) is 49.8 Å². The minimum atomic E-state index is 0. The smallest absolute Gasteiger partial charge is 0.193 e. The van der Waals surface area contributed by atoms with Crippen LogP contribution < -0.4 is 5.32 Å². The van der Waals surface area contributed by atoms with E-state index in [4.69, 9.17) is 4.74 Å². The fourth-order valence-electron chi connectivity index (χ4n) is 3.37. The van der Waals surface area contributed by atoms with Gasteiger partial charge >= 0.3 is 0 Å². The van der Waals surface area contributed by atoms with Crippen molar-refractivity contribution in [2.75, 3.05) is 33.3 Å². The van der Waals surface area contributed by atoms with E-state index >= 15 is 0 Å². The molecule has 7 heteroatoms.